The molecule has 2 N–H and O–H groups in total. The molecule has 26 heavy (non-hydrogen) atoms. The van der Waals surface area contributed by atoms with Gasteiger partial charge in [-0.2, -0.15) is 0 Å². The maximum absolute atomic E-state index is 12.3. The monoisotopic (exact) mass is 373 g/mol. The first-order valence-corrected chi connectivity index (χ1v) is 9.15. The molecule has 1 unspecified atom stereocenters. The van der Waals surface area contributed by atoms with Crippen molar-refractivity contribution in [2.45, 2.75) is 12.6 Å². The van der Waals surface area contributed by atoms with Crippen LogP contribution in [0.5, 0.6) is 0 Å². The molecular formula is C20H24ClN3O2. The summed E-state index contributed by atoms with van der Waals surface area (Å²) in [5.41, 5.74) is 2.47. The first kappa shape index (κ1) is 18.9. The fourth-order valence-corrected chi connectivity index (χ4v) is 3.06. The molecule has 0 aromatic heterocycles. The number of morpholine rings is 1. The normalized spacial score (nSPS) is 17.8. The summed E-state index contributed by atoms with van der Waals surface area (Å²) in [6, 6.07) is 14.7. The number of carbonyl (C=O) groups is 1. The lowest BCUT2D eigenvalue weighted by Gasteiger charge is -2.30. The third kappa shape index (κ3) is 5.54. The van der Waals surface area contributed by atoms with Crippen LogP contribution >= 0.6 is 11.6 Å². The second-order valence-corrected chi connectivity index (χ2v) is 6.98. The number of nitrogens with zero attached hydrogens (tertiary/aromatic N) is 1. The molecule has 1 fully saturated rings. The van der Waals surface area contributed by atoms with Crippen LogP contribution in [0, 0.1) is 0 Å². The summed E-state index contributed by atoms with van der Waals surface area (Å²) >= 11 is 5.86. The summed E-state index contributed by atoms with van der Waals surface area (Å²) in [6.45, 7) is 4.27. The molecule has 6 heteroatoms. The van der Waals surface area contributed by atoms with E-state index in [1.54, 1.807) is 24.3 Å². The molecule has 1 saturated heterocycles. The number of carbonyl (C=O) groups excluding carboxylic acids is 1. The van der Waals surface area contributed by atoms with Crippen molar-refractivity contribution in [2.75, 3.05) is 38.6 Å². The van der Waals surface area contributed by atoms with Gasteiger partial charge in [0.05, 0.1) is 12.7 Å². The fourth-order valence-electron chi connectivity index (χ4n) is 2.93. The quantitative estimate of drug-likeness (QED) is 0.817. The molecular weight excluding hydrogens is 350 g/mol. The number of benzene rings is 2. The molecule has 0 bridgehead atoms. The van der Waals surface area contributed by atoms with Crippen LogP contribution < -0.4 is 10.6 Å². The van der Waals surface area contributed by atoms with Crippen molar-refractivity contribution in [3.63, 3.8) is 0 Å². The van der Waals surface area contributed by atoms with E-state index < -0.39 is 0 Å². The molecule has 1 aliphatic heterocycles. The van der Waals surface area contributed by atoms with Gasteiger partial charge in [0, 0.05) is 42.5 Å². The topological polar surface area (TPSA) is 53.6 Å². The van der Waals surface area contributed by atoms with E-state index in [0.717, 1.165) is 44.0 Å². The van der Waals surface area contributed by atoms with Gasteiger partial charge in [-0.25, -0.2) is 0 Å². The first-order valence-electron chi connectivity index (χ1n) is 8.77. The molecule has 5 nitrogen and oxygen atoms in total. The van der Waals surface area contributed by atoms with Gasteiger partial charge in [-0.05, 0) is 49.0 Å². The summed E-state index contributed by atoms with van der Waals surface area (Å²) < 4.78 is 5.75. The molecule has 0 radical (unpaired) electrons. The van der Waals surface area contributed by atoms with Crippen molar-refractivity contribution in [3.05, 3.63) is 64.7 Å². The van der Waals surface area contributed by atoms with E-state index in [1.807, 2.05) is 24.3 Å². The predicted molar refractivity (Wildman–Crippen MR) is 105 cm³/mol. The Morgan fingerprint density at radius 2 is 2.08 bits per heavy atom. The van der Waals surface area contributed by atoms with Crippen molar-refractivity contribution < 1.29 is 9.53 Å². The SMILES string of the molecule is CN1CCOC(CNCc2cccc(NC(=O)c3ccc(Cl)cc3)c2)C1. The number of hydrogen-bond acceptors (Lipinski definition) is 4. The van der Waals surface area contributed by atoms with E-state index in [2.05, 4.69) is 22.6 Å². The van der Waals surface area contributed by atoms with Crippen molar-refractivity contribution in [1.29, 1.82) is 0 Å². The minimum atomic E-state index is -0.148. The third-order valence-electron chi connectivity index (χ3n) is 4.33. The Bertz CT molecular complexity index is 736. The highest BCUT2D eigenvalue weighted by molar-refractivity contribution is 6.30. The molecule has 138 valence electrons. The summed E-state index contributed by atoms with van der Waals surface area (Å²) in [5, 5.41) is 6.97. The number of hydrogen-bond donors (Lipinski definition) is 2. The zero-order valence-corrected chi connectivity index (χ0v) is 15.6. The van der Waals surface area contributed by atoms with E-state index in [9.17, 15) is 4.79 Å². The first-order chi connectivity index (χ1) is 12.6. The lowest BCUT2D eigenvalue weighted by molar-refractivity contribution is -0.0182. The molecule has 0 aliphatic carbocycles. The minimum absolute atomic E-state index is 0.148. The Morgan fingerprint density at radius 1 is 1.27 bits per heavy atom. The lowest BCUT2D eigenvalue weighted by atomic mass is 10.1. The van der Waals surface area contributed by atoms with Crippen molar-refractivity contribution in [2.24, 2.45) is 0 Å². The molecule has 0 saturated carbocycles. The van der Waals surface area contributed by atoms with Crippen molar-refractivity contribution >= 4 is 23.2 Å². The molecule has 1 amide bonds. The minimum Gasteiger partial charge on any atom is -0.374 e. The second-order valence-electron chi connectivity index (χ2n) is 6.55. The van der Waals surface area contributed by atoms with Gasteiger partial charge in [0.15, 0.2) is 0 Å². The maximum atomic E-state index is 12.3. The highest BCUT2D eigenvalue weighted by atomic mass is 35.5. The van der Waals surface area contributed by atoms with E-state index in [0.29, 0.717) is 10.6 Å². The van der Waals surface area contributed by atoms with Crippen molar-refractivity contribution in [3.8, 4) is 0 Å². The summed E-state index contributed by atoms with van der Waals surface area (Å²) in [4.78, 5) is 14.6. The van der Waals surface area contributed by atoms with Crippen LogP contribution in [0.3, 0.4) is 0 Å². The molecule has 3 rings (SSSR count). The highest BCUT2D eigenvalue weighted by Crippen LogP contribution is 2.14. The Morgan fingerprint density at radius 3 is 2.85 bits per heavy atom. The van der Waals surface area contributed by atoms with Gasteiger partial charge < -0.3 is 20.3 Å². The van der Waals surface area contributed by atoms with Crippen LogP contribution in [0.4, 0.5) is 5.69 Å². The Hall–Kier alpha value is -1.92. The third-order valence-corrected chi connectivity index (χ3v) is 4.59. The summed E-state index contributed by atoms with van der Waals surface area (Å²) in [5.74, 6) is -0.148. The average molecular weight is 374 g/mol. The average Bonchev–Trinajstić information content (AvgIpc) is 2.63. The van der Waals surface area contributed by atoms with E-state index >= 15 is 0 Å². The lowest BCUT2D eigenvalue weighted by Crippen LogP contribution is -2.44. The van der Waals surface area contributed by atoms with Crippen LogP contribution in [0.2, 0.25) is 5.02 Å². The van der Waals surface area contributed by atoms with Crippen LogP contribution in [-0.4, -0.2) is 50.2 Å². The van der Waals surface area contributed by atoms with Gasteiger partial charge in [-0.1, -0.05) is 23.7 Å². The zero-order valence-electron chi connectivity index (χ0n) is 14.9. The number of ether oxygens (including phenoxy) is 1. The smallest absolute Gasteiger partial charge is 0.255 e. The second kappa shape index (κ2) is 9.14. The Kier molecular flexibility index (Phi) is 6.63. The largest absolute Gasteiger partial charge is 0.374 e. The van der Waals surface area contributed by atoms with E-state index in [-0.39, 0.29) is 12.0 Å². The number of amides is 1. The number of halogens is 1. The van der Waals surface area contributed by atoms with Gasteiger partial charge >= 0.3 is 0 Å². The summed E-state index contributed by atoms with van der Waals surface area (Å²) in [6.07, 6.45) is 0.224. The number of likely N-dealkylation sites (N-methyl/N-ethyl adjacent to an activating group) is 1. The van der Waals surface area contributed by atoms with E-state index in [4.69, 9.17) is 16.3 Å². The van der Waals surface area contributed by atoms with Gasteiger partial charge in [0.25, 0.3) is 5.91 Å². The predicted octanol–water partition coefficient (Wildman–Crippen LogP) is 3.01. The molecule has 2 aromatic rings. The highest BCUT2D eigenvalue weighted by Gasteiger charge is 2.16. The number of anilines is 1. The molecule has 2 aromatic carbocycles. The molecule has 1 aliphatic rings. The van der Waals surface area contributed by atoms with Crippen molar-refractivity contribution in [1.82, 2.24) is 10.2 Å². The van der Waals surface area contributed by atoms with Gasteiger partial charge in [0.2, 0.25) is 0 Å². The van der Waals surface area contributed by atoms with Crippen LogP contribution in [0.1, 0.15) is 15.9 Å². The number of nitrogens with one attached hydrogen (secondary N) is 2. The van der Waals surface area contributed by atoms with Gasteiger partial charge in [-0.15, -0.1) is 0 Å². The summed E-state index contributed by atoms with van der Waals surface area (Å²) in [7, 11) is 2.11. The van der Waals surface area contributed by atoms with Gasteiger partial charge in [-0.3, -0.25) is 4.79 Å². The standard InChI is InChI=1S/C20H24ClN3O2/c1-24-9-10-26-19(14-24)13-22-12-15-3-2-4-18(11-15)23-20(25)16-5-7-17(21)8-6-16/h2-8,11,19,22H,9-10,12-14H2,1H3,(H,23,25). The molecule has 1 atom stereocenters. The van der Waals surface area contributed by atoms with Crippen LogP contribution in [0.15, 0.2) is 48.5 Å². The van der Waals surface area contributed by atoms with E-state index in [1.165, 1.54) is 0 Å². The Balaban J connectivity index is 1.51. The zero-order chi connectivity index (χ0) is 18.4. The van der Waals surface area contributed by atoms with Crippen LogP contribution in [-0.2, 0) is 11.3 Å². The Labute approximate surface area is 159 Å². The van der Waals surface area contributed by atoms with Crippen LogP contribution in [0.25, 0.3) is 0 Å². The molecule has 1 heterocycles. The number of rotatable bonds is 6. The maximum Gasteiger partial charge on any atom is 0.255 e. The van der Waals surface area contributed by atoms with Gasteiger partial charge in [0.1, 0.15) is 0 Å². The fraction of sp³-hybridized carbons (Fsp3) is 0.350. The molecule has 0 spiro atoms.